The van der Waals surface area contributed by atoms with E-state index in [-0.39, 0.29) is 11.8 Å². The Balaban J connectivity index is 2.00. The number of hydrogen-bond donors (Lipinski definition) is 2. The molecule has 0 saturated heterocycles. The van der Waals surface area contributed by atoms with Crippen molar-refractivity contribution in [2.45, 2.75) is 13.5 Å². The Hall–Kier alpha value is -2.14. The number of amides is 2. The van der Waals surface area contributed by atoms with Crippen molar-refractivity contribution in [1.82, 2.24) is 10.6 Å². The number of benzene rings is 1. The lowest BCUT2D eigenvalue weighted by molar-refractivity contribution is 0.0952. The summed E-state index contributed by atoms with van der Waals surface area (Å²) >= 11 is 1.47. The van der Waals surface area contributed by atoms with Crippen LogP contribution in [0.5, 0.6) is 0 Å². The van der Waals surface area contributed by atoms with E-state index in [1.807, 2.05) is 25.1 Å². The third-order valence-corrected chi connectivity index (χ3v) is 3.83. The van der Waals surface area contributed by atoms with Crippen LogP contribution >= 0.6 is 11.3 Å². The molecule has 0 spiro atoms. The Kier molecular flexibility index (Phi) is 4.53. The zero-order chi connectivity index (χ0) is 14.5. The minimum Gasteiger partial charge on any atom is -0.355 e. The molecule has 0 unspecified atom stereocenters. The molecule has 2 aromatic rings. The molecule has 1 heterocycles. The highest BCUT2D eigenvalue weighted by Gasteiger charge is 2.08. The number of nitrogens with one attached hydrogen (secondary N) is 2. The predicted octanol–water partition coefficient (Wildman–Crippen LogP) is 2.35. The van der Waals surface area contributed by atoms with Crippen LogP contribution in [0.3, 0.4) is 0 Å². The molecule has 0 aliphatic carbocycles. The van der Waals surface area contributed by atoms with Gasteiger partial charge in [-0.3, -0.25) is 9.59 Å². The van der Waals surface area contributed by atoms with Crippen molar-refractivity contribution in [1.29, 1.82) is 0 Å². The van der Waals surface area contributed by atoms with E-state index < -0.39 is 0 Å². The molecule has 20 heavy (non-hydrogen) atoms. The van der Waals surface area contributed by atoms with E-state index in [4.69, 9.17) is 0 Å². The van der Waals surface area contributed by atoms with Crippen LogP contribution in [0.25, 0.3) is 0 Å². The van der Waals surface area contributed by atoms with E-state index in [2.05, 4.69) is 10.6 Å². The second kappa shape index (κ2) is 6.34. The van der Waals surface area contributed by atoms with Gasteiger partial charge in [0.2, 0.25) is 0 Å². The summed E-state index contributed by atoms with van der Waals surface area (Å²) in [6.07, 6.45) is 0. The van der Waals surface area contributed by atoms with Crippen molar-refractivity contribution in [3.05, 3.63) is 57.3 Å². The lowest BCUT2D eigenvalue weighted by atomic mass is 10.1. The maximum Gasteiger partial charge on any atom is 0.261 e. The van der Waals surface area contributed by atoms with E-state index in [1.54, 1.807) is 25.2 Å². The summed E-state index contributed by atoms with van der Waals surface area (Å²) in [6, 6.07) is 10.9. The summed E-state index contributed by atoms with van der Waals surface area (Å²) < 4.78 is 0. The van der Waals surface area contributed by atoms with Crippen LogP contribution in [-0.2, 0) is 6.54 Å². The highest BCUT2D eigenvalue weighted by molar-refractivity contribution is 7.13. The summed E-state index contributed by atoms with van der Waals surface area (Å²) in [7, 11) is 1.59. The van der Waals surface area contributed by atoms with E-state index in [9.17, 15) is 9.59 Å². The Morgan fingerprint density at radius 1 is 1.15 bits per heavy atom. The van der Waals surface area contributed by atoms with E-state index in [0.717, 1.165) is 10.4 Å². The number of carbonyl (C=O) groups is 2. The first-order valence-corrected chi connectivity index (χ1v) is 7.07. The van der Waals surface area contributed by atoms with Crippen molar-refractivity contribution in [3.63, 3.8) is 0 Å². The van der Waals surface area contributed by atoms with Crippen LogP contribution in [0.2, 0.25) is 0 Å². The summed E-state index contributed by atoms with van der Waals surface area (Å²) in [5, 5.41) is 5.43. The van der Waals surface area contributed by atoms with E-state index in [1.165, 1.54) is 11.3 Å². The molecule has 0 atom stereocenters. The predicted molar refractivity (Wildman–Crippen MR) is 80.1 cm³/mol. The quantitative estimate of drug-likeness (QED) is 0.907. The van der Waals surface area contributed by atoms with Gasteiger partial charge in [0, 0.05) is 24.0 Å². The molecular weight excluding hydrogens is 272 g/mol. The van der Waals surface area contributed by atoms with Gasteiger partial charge in [-0.1, -0.05) is 12.1 Å². The lowest BCUT2D eigenvalue weighted by Crippen LogP contribution is -2.22. The Bertz CT molecular complexity index is 634. The van der Waals surface area contributed by atoms with E-state index >= 15 is 0 Å². The third-order valence-electron chi connectivity index (χ3n) is 2.83. The van der Waals surface area contributed by atoms with E-state index in [0.29, 0.717) is 17.0 Å². The second-order valence-corrected chi connectivity index (χ2v) is 5.66. The Labute approximate surface area is 121 Å². The SMILES string of the molecule is CNC(=O)c1cccc(CNC(=O)c2ccc(C)s2)c1. The summed E-state index contributed by atoms with van der Waals surface area (Å²) in [5.41, 5.74) is 1.49. The van der Waals surface area contributed by atoms with Crippen LogP contribution in [0.15, 0.2) is 36.4 Å². The summed E-state index contributed by atoms with van der Waals surface area (Å²) in [4.78, 5) is 25.3. The number of rotatable bonds is 4. The minimum atomic E-state index is -0.132. The van der Waals surface area contributed by atoms with Gasteiger partial charge < -0.3 is 10.6 Å². The van der Waals surface area contributed by atoms with Crippen LogP contribution in [0.4, 0.5) is 0 Å². The number of thiophene rings is 1. The standard InChI is InChI=1S/C15H16N2O2S/c1-10-6-7-13(20-10)15(19)17-9-11-4-3-5-12(8-11)14(18)16-2/h3-8H,9H2,1-2H3,(H,16,18)(H,17,19). The molecule has 104 valence electrons. The average molecular weight is 288 g/mol. The van der Waals surface area contributed by atoms with Crippen molar-refractivity contribution in [2.24, 2.45) is 0 Å². The van der Waals surface area contributed by atoms with Gasteiger partial charge in [-0.25, -0.2) is 0 Å². The first-order valence-electron chi connectivity index (χ1n) is 6.26. The Morgan fingerprint density at radius 2 is 1.95 bits per heavy atom. The van der Waals surface area contributed by atoms with Crippen molar-refractivity contribution < 1.29 is 9.59 Å². The van der Waals surface area contributed by atoms with Gasteiger partial charge in [0.05, 0.1) is 4.88 Å². The van der Waals surface area contributed by atoms with Crippen molar-refractivity contribution >= 4 is 23.2 Å². The maximum absolute atomic E-state index is 11.9. The number of aryl methyl sites for hydroxylation is 1. The maximum atomic E-state index is 11.9. The Morgan fingerprint density at radius 3 is 2.60 bits per heavy atom. The molecule has 2 rings (SSSR count). The molecule has 1 aromatic heterocycles. The second-order valence-electron chi connectivity index (χ2n) is 4.37. The largest absolute Gasteiger partial charge is 0.355 e. The first kappa shape index (κ1) is 14.3. The van der Waals surface area contributed by atoms with Crippen molar-refractivity contribution in [3.8, 4) is 0 Å². The molecule has 1 aromatic carbocycles. The fourth-order valence-corrected chi connectivity index (χ4v) is 2.58. The summed E-state index contributed by atoms with van der Waals surface area (Å²) in [6.45, 7) is 2.37. The highest BCUT2D eigenvalue weighted by Crippen LogP contribution is 2.15. The highest BCUT2D eigenvalue weighted by atomic mass is 32.1. The van der Waals surface area contributed by atoms with Crippen LogP contribution in [0, 0.1) is 6.92 Å². The van der Waals surface area contributed by atoms with Gasteiger partial charge in [0.15, 0.2) is 0 Å². The van der Waals surface area contributed by atoms with Crippen LogP contribution in [0.1, 0.15) is 30.5 Å². The van der Waals surface area contributed by atoms with Crippen molar-refractivity contribution in [2.75, 3.05) is 7.05 Å². The van der Waals surface area contributed by atoms with Gasteiger partial charge in [-0.15, -0.1) is 11.3 Å². The molecule has 0 radical (unpaired) electrons. The topological polar surface area (TPSA) is 58.2 Å². The molecule has 4 nitrogen and oxygen atoms in total. The molecule has 0 bridgehead atoms. The van der Waals surface area contributed by atoms with Gasteiger partial charge in [-0.05, 0) is 36.8 Å². The molecule has 2 amide bonds. The zero-order valence-corrected chi connectivity index (χ0v) is 12.2. The smallest absolute Gasteiger partial charge is 0.261 e. The molecular formula is C15H16N2O2S. The normalized spacial score (nSPS) is 10.1. The van der Waals surface area contributed by atoms with Crippen LogP contribution in [-0.4, -0.2) is 18.9 Å². The number of hydrogen-bond acceptors (Lipinski definition) is 3. The zero-order valence-electron chi connectivity index (χ0n) is 11.4. The fourth-order valence-electron chi connectivity index (χ4n) is 1.79. The molecule has 0 aliphatic heterocycles. The number of carbonyl (C=O) groups excluding carboxylic acids is 2. The fraction of sp³-hybridized carbons (Fsp3) is 0.200. The monoisotopic (exact) mass is 288 g/mol. The molecule has 0 saturated carbocycles. The molecule has 0 aliphatic rings. The minimum absolute atomic E-state index is 0.0894. The first-order chi connectivity index (χ1) is 9.60. The molecule has 5 heteroatoms. The van der Waals surface area contributed by atoms with Crippen LogP contribution < -0.4 is 10.6 Å². The summed E-state index contributed by atoms with van der Waals surface area (Å²) in [5.74, 6) is -0.222. The van der Waals surface area contributed by atoms with Gasteiger partial charge >= 0.3 is 0 Å². The molecule has 0 fully saturated rings. The lowest BCUT2D eigenvalue weighted by Gasteiger charge is -2.06. The van der Waals surface area contributed by atoms with Gasteiger partial charge in [0.25, 0.3) is 11.8 Å². The average Bonchev–Trinajstić information content (AvgIpc) is 2.91. The molecule has 2 N–H and O–H groups in total. The third kappa shape index (κ3) is 3.45. The van der Waals surface area contributed by atoms with Gasteiger partial charge in [0.1, 0.15) is 0 Å². The van der Waals surface area contributed by atoms with Gasteiger partial charge in [-0.2, -0.15) is 0 Å².